The van der Waals surface area contributed by atoms with Gasteiger partial charge in [-0.25, -0.2) is 0 Å². The number of hydrogen-bond acceptors (Lipinski definition) is 3. The Morgan fingerprint density at radius 3 is 2.35 bits per heavy atom. The van der Waals surface area contributed by atoms with E-state index in [0.717, 1.165) is 31.7 Å². The first-order valence-corrected chi connectivity index (χ1v) is 7.60. The summed E-state index contributed by atoms with van der Waals surface area (Å²) in [4.78, 5) is 2.34. The van der Waals surface area contributed by atoms with Gasteiger partial charge in [-0.3, -0.25) is 0 Å². The molecule has 3 heteroatoms. The first-order chi connectivity index (χ1) is 9.67. The zero-order valence-electron chi connectivity index (χ0n) is 12.8. The van der Waals surface area contributed by atoms with Gasteiger partial charge in [0.15, 0.2) is 0 Å². The minimum atomic E-state index is 0.124. The van der Waals surface area contributed by atoms with Crippen molar-refractivity contribution in [2.24, 2.45) is 5.41 Å². The lowest BCUT2D eigenvalue weighted by molar-refractivity contribution is 0.0464. The molecule has 0 saturated heterocycles. The molecule has 0 heterocycles. The smallest absolute Gasteiger partial charge is 0.118 e. The Morgan fingerprint density at radius 2 is 1.80 bits per heavy atom. The maximum Gasteiger partial charge on any atom is 0.118 e. The van der Waals surface area contributed by atoms with Crippen LogP contribution in [0, 0.1) is 5.41 Å². The van der Waals surface area contributed by atoms with E-state index in [4.69, 9.17) is 4.74 Å². The van der Waals surface area contributed by atoms with Gasteiger partial charge in [0.1, 0.15) is 5.75 Å². The highest BCUT2D eigenvalue weighted by molar-refractivity contribution is 5.27. The molecule has 0 aliphatic heterocycles. The summed E-state index contributed by atoms with van der Waals surface area (Å²) in [5.74, 6) is 0.899. The van der Waals surface area contributed by atoms with Crippen LogP contribution in [0.2, 0.25) is 0 Å². The molecule has 0 aromatic heterocycles. The number of nitrogens with zero attached hydrogens (tertiary/aromatic N) is 1. The Bertz CT molecular complexity index is 396. The molecule has 1 N–H and O–H groups in total. The third-order valence-electron chi connectivity index (χ3n) is 4.47. The fourth-order valence-electron chi connectivity index (χ4n) is 3.34. The third-order valence-corrected chi connectivity index (χ3v) is 4.47. The van der Waals surface area contributed by atoms with E-state index in [1.807, 2.05) is 12.1 Å². The Hall–Kier alpha value is -1.06. The van der Waals surface area contributed by atoms with E-state index in [1.54, 1.807) is 7.11 Å². The van der Waals surface area contributed by atoms with Gasteiger partial charge in [-0.15, -0.1) is 0 Å². The van der Waals surface area contributed by atoms with E-state index in [1.165, 1.54) is 24.8 Å². The van der Waals surface area contributed by atoms with Crippen LogP contribution in [0.4, 0.5) is 0 Å². The summed E-state index contributed by atoms with van der Waals surface area (Å²) in [5.41, 5.74) is 1.41. The maximum atomic E-state index is 9.78. The van der Waals surface area contributed by atoms with Crippen molar-refractivity contribution < 1.29 is 9.84 Å². The molecule has 0 unspecified atom stereocenters. The normalized spacial score (nSPS) is 18.2. The van der Waals surface area contributed by atoms with Crippen LogP contribution in [0.1, 0.15) is 37.7 Å². The first kappa shape index (κ1) is 15.3. The Balaban J connectivity index is 1.91. The fraction of sp³-hybridized carbons (Fsp3) is 0.647. The summed E-state index contributed by atoms with van der Waals surface area (Å²) >= 11 is 0. The summed E-state index contributed by atoms with van der Waals surface area (Å²) in [6.07, 6.45) is 6.17. The topological polar surface area (TPSA) is 32.7 Å². The van der Waals surface area contributed by atoms with Gasteiger partial charge in [-0.05, 0) is 37.6 Å². The van der Waals surface area contributed by atoms with E-state index in [-0.39, 0.29) is 5.41 Å². The van der Waals surface area contributed by atoms with Crippen molar-refractivity contribution in [2.75, 3.05) is 27.3 Å². The standard InChI is InChI=1S/C17H27NO2/c1-18(12-15-6-8-16(20-2)9-7-15)13-17(14-19)10-4-3-5-11-17/h6-9,19H,3-5,10-14H2,1-2H3. The Morgan fingerprint density at radius 1 is 1.15 bits per heavy atom. The molecule has 0 bridgehead atoms. The van der Waals surface area contributed by atoms with E-state index in [0.29, 0.717) is 6.61 Å². The second-order valence-electron chi connectivity index (χ2n) is 6.24. The van der Waals surface area contributed by atoms with Gasteiger partial charge in [0.2, 0.25) is 0 Å². The number of benzene rings is 1. The van der Waals surface area contributed by atoms with Crippen LogP contribution in [0.15, 0.2) is 24.3 Å². The molecule has 0 spiro atoms. The van der Waals surface area contributed by atoms with Crippen molar-refractivity contribution in [3.63, 3.8) is 0 Å². The quantitative estimate of drug-likeness (QED) is 0.867. The molecule has 112 valence electrons. The van der Waals surface area contributed by atoms with Gasteiger partial charge in [-0.2, -0.15) is 0 Å². The predicted octanol–water partition coefficient (Wildman–Crippen LogP) is 3.07. The van der Waals surface area contributed by atoms with Crippen LogP contribution in [0.3, 0.4) is 0 Å². The fourth-order valence-corrected chi connectivity index (χ4v) is 3.34. The molecule has 2 rings (SSSR count). The monoisotopic (exact) mass is 277 g/mol. The average Bonchev–Trinajstić information content (AvgIpc) is 2.49. The summed E-state index contributed by atoms with van der Waals surface area (Å²) in [6.45, 7) is 2.22. The number of aliphatic hydroxyl groups is 1. The van der Waals surface area contributed by atoms with E-state index in [2.05, 4.69) is 24.1 Å². The third kappa shape index (κ3) is 3.97. The number of ether oxygens (including phenoxy) is 1. The van der Waals surface area contributed by atoms with Crippen LogP contribution in [-0.2, 0) is 6.54 Å². The average molecular weight is 277 g/mol. The van der Waals surface area contributed by atoms with Crippen molar-refractivity contribution >= 4 is 0 Å². The lowest BCUT2D eigenvalue weighted by atomic mass is 9.74. The summed E-state index contributed by atoms with van der Waals surface area (Å²) < 4.78 is 5.18. The summed E-state index contributed by atoms with van der Waals surface area (Å²) in [6, 6.07) is 8.24. The molecule has 20 heavy (non-hydrogen) atoms. The van der Waals surface area contributed by atoms with Crippen LogP contribution in [0.25, 0.3) is 0 Å². The van der Waals surface area contributed by atoms with Gasteiger partial charge in [-0.1, -0.05) is 31.4 Å². The van der Waals surface area contributed by atoms with Gasteiger partial charge < -0.3 is 14.7 Å². The van der Waals surface area contributed by atoms with Crippen molar-refractivity contribution in [1.82, 2.24) is 4.90 Å². The van der Waals surface area contributed by atoms with Gasteiger partial charge in [0.05, 0.1) is 7.11 Å². The molecular weight excluding hydrogens is 250 g/mol. The number of hydrogen-bond donors (Lipinski definition) is 1. The van der Waals surface area contributed by atoms with Gasteiger partial charge in [0.25, 0.3) is 0 Å². The van der Waals surface area contributed by atoms with Crippen molar-refractivity contribution in [3.8, 4) is 5.75 Å². The molecule has 1 aromatic rings. The molecule has 0 atom stereocenters. The molecule has 1 aliphatic carbocycles. The second-order valence-corrected chi connectivity index (χ2v) is 6.24. The SMILES string of the molecule is COc1ccc(CN(C)CC2(CO)CCCCC2)cc1. The van der Waals surface area contributed by atoms with Crippen molar-refractivity contribution in [3.05, 3.63) is 29.8 Å². The Kier molecular flexibility index (Phi) is 5.44. The molecule has 0 amide bonds. The van der Waals surface area contributed by atoms with Crippen LogP contribution in [0.5, 0.6) is 5.75 Å². The highest BCUT2D eigenvalue weighted by Crippen LogP contribution is 2.36. The molecular formula is C17H27NO2. The van der Waals surface area contributed by atoms with E-state index >= 15 is 0 Å². The highest BCUT2D eigenvalue weighted by Gasteiger charge is 2.32. The van der Waals surface area contributed by atoms with Crippen LogP contribution in [-0.4, -0.2) is 37.3 Å². The largest absolute Gasteiger partial charge is 0.497 e. The van der Waals surface area contributed by atoms with Gasteiger partial charge >= 0.3 is 0 Å². The first-order valence-electron chi connectivity index (χ1n) is 7.60. The lowest BCUT2D eigenvalue weighted by Crippen LogP contribution is -2.39. The number of rotatable bonds is 6. The van der Waals surface area contributed by atoms with Gasteiger partial charge in [0, 0.05) is 25.1 Å². The molecule has 3 nitrogen and oxygen atoms in total. The van der Waals surface area contributed by atoms with E-state index in [9.17, 15) is 5.11 Å². The number of methoxy groups -OCH3 is 1. The minimum Gasteiger partial charge on any atom is -0.497 e. The maximum absolute atomic E-state index is 9.78. The van der Waals surface area contributed by atoms with Crippen molar-refractivity contribution in [2.45, 2.75) is 38.6 Å². The molecule has 1 aliphatic rings. The molecule has 1 aromatic carbocycles. The molecule has 0 radical (unpaired) electrons. The lowest BCUT2D eigenvalue weighted by Gasteiger charge is -2.38. The predicted molar refractivity (Wildman–Crippen MR) is 81.9 cm³/mol. The minimum absolute atomic E-state index is 0.124. The number of aliphatic hydroxyl groups excluding tert-OH is 1. The molecule has 1 saturated carbocycles. The second kappa shape index (κ2) is 7.09. The molecule has 1 fully saturated rings. The zero-order valence-corrected chi connectivity index (χ0v) is 12.8. The highest BCUT2D eigenvalue weighted by atomic mass is 16.5. The summed E-state index contributed by atoms with van der Waals surface area (Å²) in [5, 5.41) is 9.78. The van der Waals surface area contributed by atoms with Crippen molar-refractivity contribution in [1.29, 1.82) is 0 Å². The van der Waals surface area contributed by atoms with Crippen LogP contribution < -0.4 is 4.74 Å². The van der Waals surface area contributed by atoms with Crippen LogP contribution >= 0.6 is 0 Å². The van der Waals surface area contributed by atoms with E-state index < -0.39 is 0 Å². The summed E-state index contributed by atoms with van der Waals surface area (Å²) in [7, 11) is 3.84. The Labute approximate surface area is 122 Å². The zero-order chi connectivity index (χ0) is 14.4.